The first-order valence-electron chi connectivity index (χ1n) is 6.45. The van der Waals surface area contributed by atoms with E-state index in [1.165, 1.54) is 0 Å². The Morgan fingerprint density at radius 1 is 1.29 bits per heavy atom. The van der Waals surface area contributed by atoms with Crippen molar-refractivity contribution < 1.29 is 4.74 Å². The number of hydrogen-bond donors (Lipinski definition) is 1. The van der Waals surface area contributed by atoms with Crippen LogP contribution >= 0.6 is 23.8 Å². The van der Waals surface area contributed by atoms with Crippen LogP contribution < -0.4 is 15.4 Å². The van der Waals surface area contributed by atoms with Gasteiger partial charge in [0, 0.05) is 35.4 Å². The smallest absolute Gasteiger partial charge is 0.123 e. The topological polar surface area (TPSA) is 38.5 Å². The number of benzene rings is 2. The van der Waals surface area contributed by atoms with Gasteiger partial charge in [0.25, 0.3) is 0 Å². The fourth-order valence-corrected chi connectivity index (χ4v) is 2.59. The second-order valence-corrected chi connectivity index (χ2v) is 5.57. The van der Waals surface area contributed by atoms with Gasteiger partial charge in [0.05, 0.1) is 7.11 Å². The number of rotatable bonds is 5. The molecule has 0 saturated carbocycles. The molecular formula is C16H17ClN2OS. The zero-order chi connectivity index (χ0) is 15.4. The zero-order valence-corrected chi connectivity index (χ0v) is 13.5. The average molecular weight is 321 g/mol. The molecule has 0 heterocycles. The summed E-state index contributed by atoms with van der Waals surface area (Å²) in [5, 5.41) is 0.682. The lowest BCUT2D eigenvalue weighted by Gasteiger charge is -2.23. The van der Waals surface area contributed by atoms with Crippen LogP contribution in [0.25, 0.3) is 0 Å². The van der Waals surface area contributed by atoms with Crippen LogP contribution in [-0.4, -0.2) is 19.1 Å². The van der Waals surface area contributed by atoms with E-state index in [0.717, 1.165) is 22.6 Å². The van der Waals surface area contributed by atoms with Crippen LogP contribution in [0, 0.1) is 0 Å². The van der Waals surface area contributed by atoms with Crippen molar-refractivity contribution >= 4 is 34.5 Å². The maximum absolute atomic E-state index is 6.07. The molecule has 0 saturated heterocycles. The van der Waals surface area contributed by atoms with Crippen molar-refractivity contribution in [1.29, 1.82) is 0 Å². The minimum Gasteiger partial charge on any atom is -0.496 e. The van der Waals surface area contributed by atoms with E-state index in [2.05, 4.69) is 4.90 Å². The number of ether oxygens (including phenoxy) is 1. The molecule has 0 bridgehead atoms. The molecule has 0 unspecified atom stereocenters. The van der Waals surface area contributed by atoms with Gasteiger partial charge < -0.3 is 15.4 Å². The lowest BCUT2D eigenvalue weighted by atomic mass is 10.1. The number of anilines is 1. The highest BCUT2D eigenvalue weighted by molar-refractivity contribution is 7.80. The number of methoxy groups -OCH3 is 1. The number of thiocarbonyl (C=S) groups is 1. The molecule has 110 valence electrons. The van der Waals surface area contributed by atoms with Gasteiger partial charge in [0.15, 0.2) is 0 Å². The predicted molar refractivity (Wildman–Crippen MR) is 92.4 cm³/mol. The van der Waals surface area contributed by atoms with Crippen LogP contribution in [-0.2, 0) is 6.54 Å². The molecule has 0 amide bonds. The van der Waals surface area contributed by atoms with Crippen molar-refractivity contribution in [2.75, 3.05) is 19.1 Å². The molecule has 2 aromatic carbocycles. The van der Waals surface area contributed by atoms with Crippen LogP contribution in [0.1, 0.15) is 11.1 Å². The van der Waals surface area contributed by atoms with Gasteiger partial charge in [0.2, 0.25) is 0 Å². The van der Waals surface area contributed by atoms with Crippen molar-refractivity contribution in [3.8, 4) is 5.75 Å². The normalized spacial score (nSPS) is 10.2. The molecule has 0 aromatic heterocycles. The van der Waals surface area contributed by atoms with Crippen LogP contribution in [0.15, 0.2) is 42.5 Å². The first-order chi connectivity index (χ1) is 10.0. The summed E-state index contributed by atoms with van der Waals surface area (Å²) in [5.41, 5.74) is 8.63. The highest BCUT2D eigenvalue weighted by Crippen LogP contribution is 2.27. The maximum atomic E-state index is 6.07. The third-order valence-electron chi connectivity index (χ3n) is 3.23. The summed E-state index contributed by atoms with van der Waals surface area (Å²) in [4.78, 5) is 2.46. The van der Waals surface area contributed by atoms with E-state index in [-0.39, 0.29) is 0 Å². The molecule has 0 aliphatic carbocycles. The van der Waals surface area contributed by atoms with E-state index >= 15 is 0 Å². The first-order valence-corrected chi connectivity index (χ1v) is 7.24. The molecule has 21 heavy (non-hydrogen) atoms. The Kier molecular flexibility index (Phi) is 5.04. The molecule has 0 atom stereocenters. The average Bonchev–Trinajstić information content (AvgIpc) is 2.47. The summed E-state index contributed by atoms with van der Waals surface area (Å²) in [7, 11) is 3.63. The second-order valence-electron chi connectivity index (χ2n) is 4.69. The highest BCUT2D eigenvalue weighted by atomic mass is 35.5. The SMILES string of the molecule is COc1ccc(Cl)cc1CN(C)c1ccccc1C(N)=S. The quantitative estimate of drug-likeness (QED) is 0.854. The number of nitrogens with zero attached hydrogens (tertiary/aromatic N) is 1. The Morgan fingerprint density at radius 2 is 2.00 bits per heavy atom. The van der Waals surface area contributed by atoms with Crippen molar-refractivity contribution in [2.24, 2.45) is 5.73 Å². The molecule has 0 aliphatic heterocycles. The van der Waals surface area contributed by atoms with Gasteiger partial charge in [-0.1, -0.05) is 36.0 Å². The summed E-state index contributed by atoms with van der Waals surface area (Å²) in [6.07, 6.45) is 0. The van der Waals surface area contributed by atoms with Crippen molar-refractivity contribution in [3.63, 3.8) is 0 Å². The van der Waals surface area contributed by atoms with Gasteiger partial charge in [-0.3, -0.25) is 0 Å². The Labute approximate surface area is 135 Å². The Hall–Kier alpha value is -1.78. The molecular weight excluding hydrogens is 304 g/mol. The van der Waals surface area contributed by atoms with Crippen molar-refractivity contribution in [2.45, 2.75) is 6.54 Å². The highest BCUT2D eigenvalue weighted by Gasteiger charge is 2.12. The largest absolute Gasteiger partial charge is 0.496 e. The van der Waals surface area contributed by atoms with E-state index in [4.69, 9.17) is 34.3 Å². The molecule has 2 N–H and O–H groups in total. The molecule has 3 nitrogen and oxygen atoms in total. The number of halogens is 1. The molecule has 0 radical (unpaired) electrons. The summed E-state index contributed by atoms with van der Waals surface area (Å²) in [6.45, 7) is 0.642. The predicted octanol–water partition coefficient (Wildman–Crippen LogP) is 3.62. The molecule has 0 aliphatic rings. The van der Waals surface area contributed by atoms with Gasteiger partial charge in [-0.25, -0.2) is 0 Å². The van der Waals surface area contributed by atoms with Crippen LogP contribution in [0.2, 0.25) is 5.02 Å². The number of hydrogen-bond acceptors (Lipinski definition) is 3. The summed E-state index contributed by atoms with van der Waals surface area (Å²) in [6, 6.07) is 13.4. The van der Waals surface area contributed by atoms with Crippen LogP contribution in [0.4, 0.5) is 5.69 Å². The van der Waals surface area contributed by atoms with Gasteiger partial charge in [-0.2, -0.15) is 0 Å². The third-order valence-corrected chi connectivity index (χ3v) is 3.69. The van der Waals surface area contributed by atoms with Gasteiger partial charge >= 0.3 is 0 Å². The van der Waals surface area contributed by atoms with E-state index in [1.54, 1.807) is 7.11 Å². The lowest BCUT2D eigenvalue weighted by Crippen LogP contribution is -2.21. The fraction of sp³-hybridized carbons (Fsp3) is 0.188. The van der Waals surface area contributed by atoms with Crippen molar-refractivity contribution in [1.82, 2.24) is 0 Å². The van der Waals surface area contributed by atoms with Crippen molar-refractivity contribution in [3.05, 3.63) is 58.6 Å². The summed E-state index contributed by atoms with van der Waals surface area (Å²) in [5.74, 6) is 0.805. The second kappa shape index (κ2) is 6.78. The van der Waals surface area contributed by atoms with E-state index in [1.807, 2.05) is 49.5 Å². The fourth-order valence-electron chi connectivity index (χ4n) is 2.23. The van der Waals surface area contributed by atoms with E-state index < -0.39 is 0 Å². The third kappa shape index (κ3) is 3.65. The minimum atomic E-state index is 0.385. The molecule has 5 heteroatoms. The van der Waals surface area contributed by atoms with E-state index in [0.29, 0.717) is 16.6 Å². The van der Waals surface area contributed by atoms with Gasteiger partial charge in [-0.05, 0) is 30.3 Å². The number of para-hydroxylation sites is 1. The van der Waals surface area contributed by atoms with Gasteiger partial charge in [-0.15, -0.1) is 0 Å². The summed E-state index contributed by atoms with van der Waals surface area (Å²) >= 11 is 11.2. The Bertz CT molecular complexity index is 660. The minimum absolute atomic E-state index is 0.385. The lowest BCUT2D eigenvalue weighted by molar-refractivity contribution is 0.409. The first kappa shape index (κ1) is 15.6. The monoisotopic (exact) mass is 320 g/mol. The molecule has 0 fully saturated rings. The Balaban J connectivity index is 2.32. The van der Waals surface area contributed by atoms with Crippen LogP contribution in [0.3, 0.4) is 0 Å². The molecule has 0 spiro atoms. The Morgan fingerprint density at radius 3 is 2.67 bits per heavy atom. The van der Waals surface area contributed by atoms with Gasteiger partial charge in [0.1, 0.15) is 10.7 Å². The van der Waals surface area contributed by atoms with E-state index in [9.17, 15) is 0 Å². The zero-order valence-electron chi connectivity index (χ0n) is 12.0. The standard InChI is InChI=1S/C16H17ClN2OS/c1-19(14-6-4-3-5-13(14)16(18)21)10-11-9-12(17)7-8-15(11)20-2/h3-9H,10H2,1-2H3,(H2,18,21). The maximum Gasteiger partial charge on any atom is 0.123 e. The summed E-state index contributed by atoms with van der Waals surface area (Å²) < 4.78 is 5.38. The van der Waals surface area contributed by atoms with Crippen LogP contribution in [0.5, 0.6) is 5.75 Å². The molecule has 2 aromatic rings. The molecule has 2 rings (SSSR count). The number of nitrogens with two attached hydrogens (primary N) is 1.